The molecule has 0 heterocycles. The topological polar surface area (TPSA) is 23.8 Å². The fraction of sp³-hybridized carbons (Fsp3) is 0.0556. The molecule has 3 rings (SSSR count). The first-order valence-corrected chi connectivity index (χ1v) is 8.46. The van der Waals surface area contributed by atoms with Crippen LogP contribution < -0.4 is 0 Å². The SMILES string of the molecule is N#Cc1ccc(Sc2ccc3cc(Br)ccc3c2)cc1C(F)(F)F. The molecule has 0 aliphatic rings. The lowest BCUT2D eigenvalue weighted by Gasteiger charge is -2.11. The molecule has 1 nitrogen and oxygen atoms in total. The Balaban J connectivity index is 1.97. The smallest absolute Gasteiger partial charge is 0.192 e. The van der Waals surface area contributed by atoms with E-state index in [2.05, 4.69) is 15.9 Å². The van der Waals surface area contributed by atoms with Crippen molar-refractivity contribution < 1.29 is 13.2 Å². The van der Waals surface area contributed by atoms with Gasteiger partial charge < -0.3 is 0 Å². The van der Waals surface area contributed by atoms with E-state index < -0.39 is 11.7 Å². The monoisotopic (exact) mass is 407 g/mol. The zero-order valence-electron chi connectivity index (χ0n) is 12.1. The molecule has 0 radical (unpaired) electrons. The highest BCUT2D eigenvalue weighted by molar-refractivity contribution is 9.10. The third-order valence-corrected chi connectivity index (χ3v) is 4.90. The van der Waals surface area contributed by atoms with Crippen LogP contribution in [0.4, 0.5) is 13.2 Å². The summed E-state index contributed by atoms with van der Waals surface area (Å²) in [4.78, 5) is 1.28. The van der Waals surface area contributed by atoms with Gasteiger partial charge in [0.15, 0.2) is 0 Å². The van der Waals surface area contributed by atoms with E-state index in [1.807, 2.05) is 36.4 Å². The lowest BCUT2D eigenvalue weighted by Crippen LogP contribution is -2.07. The van der Waals surface area contributed by atoms with E-state index in [0.717, 1.165) is 26.2 Å². The Morgan fingerprint density at radius 2 is 1.50 bits per heavy atom. The van der Waals surface area contributed by atoms with Gasteiger partial charge in [-0.3, -0.25) is 0 Å². The number of benzene rings is 3. The maximum Gasteiger partial charge on any atom is 0.417 e. The second kappa shape index (κ2) is 6.50. The van der Waals surface area contributed by atoms with E-state index in [1.54, 1.807) is 6.07 Å². The highest BCUT2D eigenvalue weighted by Gasteiger charge is 2.33. The van der Waals surface area contributed by atoms with Crippen LogP contribution in [-0.2, 0) is 6.18 Å². The summed E-state index contributed by atoms with van der Waals surface area (Å²) in [7, 11) is 0. The van der Waals surface area contributed by atoms with E-state index in [0.29, 0.717) is 4.90 Å². The molecule has 6 heteroatoms. The molecule has 3 aromatic rings. The van der Waals surface area contributed by atoms with Crippen molar-refractivity contribution in [2.75, 3.05) is 0 Å². The number of hydrogen-bond donors (Lipinski definition) is 0. The van der Waals surface area contributed by atoms with Crippen LogP contribution in [0, 0.1) is 11.3 Å². The van der Waals surface area contributed by atoms with E-state index in [4.69, 9.17) is 5.26 Å². The Kier molecular flexibility index (Phi) is 4.57. The summed E-state index contributed by atoms with van der Waals surface area (Å²) in [5.41, 5.74) is -1.27. The fourth-order valence-electron chi connectivity index (χ4n) is 2.31. The maximum atomic E-state index is 13.0. The van der Waals surface area contributed by atoms with Crippen molar-refractivity contribution in [3.05, 3.63) is 70.2 Å². The molecular formula is C18H9BrF3NS. The third kappa shape index (κ3) is 3.58. The van der Waals surface area contributed by atoms with Crippen LogP contribution in [0.2, 0.25) is 0 Å². The van der Waals surface area contributed by atoms with E-state index in [-0.39, 0.29) is 5.56 Å². The van der Waals surface area contributed by atoms with Gasteiger partial charge in [0.05, 0.1) is 17.2 Å². The van der Waals surface area contributed by atoms with Crippen LogP contribution >= 0.6 is 27.7 Å². The molecule has 0 aromatic heterocycles. The maximum absolute atomic E-state index is 13.0. The van der Waals surface area contributed by atoms with Gasteiger partial charge in [-0.25, -0.2) is 0 Å². The van der Waals surface area contributed by atoms with E-state index in [1.165, 1.54) is 23.9 Å². The van der Waals surface area contributed by atoms with Crippen molar-refractivity contribution in [2.24, 2.45) is 0 Å². The molecule has 0 atom stereocenters. The predicted octanol–water partition coefficient (Wildman–Crippen LogP) is 6.64. The summed E-state index contributed by atoms with van der Waals surface area (Å²) in [6.45, 7) is 0. The first-order valence-electron chi connectivity index (χ1n) is 6.85. The molecule has 0 aliphatic heterocycles. The summed E-state index contributed by atoms with van der Waals surface area (Å²) >= 11 is 4.64. The zero-order chi connectivity index (χ0) is 17.3. The van der Waals surface area contributed by atoms with Crippen molar-refractivity contribution in [3.63, 3.8) is 0 Å². The van der Waals surface area contributed by atoms with Crippen LogP contribution in [0.3, 0.4) is 0 Å². The van der Waals surface area contributed by atoms with Crippen molar-refractivity contribution in [1.29, 1.82) is 5.26 Å². The van der Waals surface area contributed by atoms with E-state index in [9.17, 15) is 13.2 Å². The number of fused-ring (bicyclic) bond motifs is 1. The molecule has 0 aliphatic carbocycles. The summed E-state index contributed by atoms with van der Waals surface area (Å²) in [5, 5.41) is 10.9. The van der Waals surface area contributed by atoms with Crippen molar-refractivity contribution in [3.8, 4) is 6.07 Å². The summed E-state index contributed by atoms with van der Waals surface area (Å²) < 4.78 is 40.1. The first-order chi connectivity index (χ1) is 11.4. The average molecular weight is 408 g/mol. The van der Waals surface area contributed by atoms with Gasteiger partial charge in [0.2, 0.25) is 0 Å². The van der Waals surface area contributed by atoms with Gasteiger partial charge >= 0.3 is 6.18 Å². The third-order valence-electron chi connectivity index (χ3n) is 3.43. The van der Waals surface area contributed by atoms with E-state index >= 15 is 0 Å². The summed E-state index contributed by atoms with van der Waals surface area (Å²) in [6.07, 6.45) is -4.54. The lowest BCUT2D eigenvalue weighted by atomic mass is 10.1. The second-order valence-electron chi connectivity index (χ2n) is 5.07. The zero-order valence-corrected chi connectivity index (χ0v) is 14.5. The standard InChI is InChI=1S/C18H9BrF3NS/c19-14-4-1-12-8-15(5-2-11(12)7-14)24-16-6-3-13(10-23)17(9-16)18(20,21)22/h1-9H. The van der Waals surface area contributed by atoms with Crippen LogP contribution in [0.1, 0.15) is 11.1 Å². The molecule has 0 saturated carbocycles. The van der Waals surface area contributed by atoms with Gasteiger partial charge in [-0.05, 0) is 53.2 Å². The summed E-state index contributed by atoms with van der Waals surface area (Å²) in [6, 6.07) is 16.9. The molecule has 0 spiro atoms. The largest absolute Gasteiger partial charge is 0.417 e. The Hall–Kier alpha value is -1.97. The van der Waals surface area contributed by atoms with Crippen LogP contribution in [0.25, 0.3) is 10.8 Å². The minimum Gasteiger partial charge on any atom is -0.192 e. The Labute approximate surface area is 149 Å². The van der Waals surface area contributed by atoms with Crippen molar-refractivity contribution in [2.45, 2.75) is 16.0 Å². The van der Waals surface area contributed by atoms with Crippen LogP contribution in [0.5, 0.6) is 0 Å². The Morgan fingerprint density at radius 3 is 2.21 bits per heavy atom. The average Bonchev–Trinajstić information content (AvgIpc) is 2.54. The van der Waals surface area contributed by atoms with Gasteiger partial charge in [-0.1, -0.05) is 39.8 Å². The van der Waals surface area contributed by atoms with Gasteiger partial charge in [-0.15, -0.1) is 0 Å². The number of rotatable bonds is 2. The van der Waals surface area contributed by atoms with Crippen molar-refractivity contribution >= 4 is 38.5 Å². The van der Waals surface area contributed by atoms with Crippen molar-refractivity contribution in [1.82, 2.24) is 0 Å². The molecule has 0 amide bonds. The lowest BCUT2D eigenvalue weighted by molar-refractivity contribution is -0.137. The molecule has 24 heavy (non-hydrogen) atoms. The van der Waals surface area contributed by atoms with Gasteiger partial charge in [0.1, 0.15) is 0 Å². The summed E-state index contributed by atoms with van der Waals surface area (Å²) in [5.74, 6) is 0. The van der Waals surface area contributed by atoms with Gasteiger partial charge in [0, 0.05) is 14.3 Å². The minimum atomic E-state index is -4.54. The molecule has 0 fully saturated rings. The first kappa shape index (κ1) is 16.9. The van der Waals surface area contributed by atoms with Gasteiger partial charge in [0.25, 0.3) is 0 Å². The quantitative estimate of drug-likeness (QED) is 0.475. The number of alkyl halides is 3. The molecular weight excluding hydrogens is 399 g/mol. The normalized spacial score (nSPS) is 11.5. The molecule has 0 unspecified atom stereocenters. The molecule has 0 bridgehead atoms. The Bertz CT molecular complexity index is 961. The highest BCUT2D eigenvalue weighted by Crippen LogP contribution is 2.37. The predicted molar refractivity (Wildman–Crippen MR) is 91.9 cm³/mol. The molecule has 0 N–H and O–H groups in total. The number of nitrogens with zero attached hydrogens (tertiary/aromatic N) is 1. The number of nitriles is 1. The highest BCUT2D eigenvalue weighted by atomic mass is 79.9. The number of hydrogen-bond acceptors (Lipinski definition) is 2. The fourth-order valence-corrected chi connectivity index (χ4v) is 3.60. The number of halogens is 4. The van der Waals surface area contributed by atoms with Gasteiger partial charge in [-0.2, -0.15) is 18.4 Å². The Morgan fingerprint density at radius 1 is 0.875 bits per heavy atom. The molecule has 3 aromatic carbocycles. The molecule has 120 valence electrons. The second-order valence-corrected chi connectivity index (χ2v) is 7.13. The van der Waals surface area contributed by atoms with Crippen LogP contribution in [0.15, 0.2) is 68.9 Å². The van der Waals surface area contributed by atoms with Crippen LogP contribution in [-0.4, -0.2) is 0 Å². The molecule has 0 saturated heterocycles. The minimum absolute atomic E-state index is 0.366.